The van der Waals surface area contributed by atoms with E-state index in [1.807, 2.05) is 0 Å². The fraction of sp³-hybridized carbons (Fsp3) is 0.867. The molecule has 0 amide bonds. The first kappa shape index (κ1) is 14.1. The molecule has 0 radical (unpaired) electrons. The van der Waals surface area contributed by atoms with Gasteiger partial charge >= 0.3 is 7.12 Å². The predicted octanol–water partition coefficient (Wildman–Crippen LogP) is 4.29. The molecule has 0 N–H and O–H groups in total. The Morgan fingerprint density at radius 2 is 1.44 bits per heavy atom. The molecule has 0 atom stereocenters. The van der Waals surface area contributed by atoms with E-state index in [-0.39, 0.29) is 18.3 Å². The zero-order valence-electron chi connectivity index (χ0n) is 12.4. The van der Waals surface area contributed by atoms with Crippen LogP contribution in [0.15, 0.2) is 11.5 Å². The van der Waals surface area contributed by atoms with E-state index in [2.05, 4.69) is 33.8 Å². The van der Waals surface area contributed by atoms with Gasteiger partial charge in [-0.1, -0.05) is 31.8 Å². The first-order valence-electron chi connectivity index (χ1n) is 7.47. The van der Waals surface area contributed by atoms with E-state index in [1.54, 1.807) is 0 Å². The van der Waals surface area contributed by atoms with Gasteiger partial charge in [-0.25, -0.2) is 0 Å². The molecule has 0 spiro atoms. The maximum atomic E-state index is 6.15. The van der Waals surface area contributed by atoms with Gasteiger partial charge in [-0.05, 0) is 52.4 Å². The van der Waals surface area contributed by atoms with E-state index in [0.29, 0.717) is 0 Å². The van der Waals surface area contributed by atoms with E-state index >= 15 is 0 Å². The molecule has 0 unspecified atom stereocenters. The average Bonchev–Trinajstić information content (AvgIpc) is 2.56. The van der Waals surface area contributed by atoms with Crippen LogP contribution in [0, 0.1) is 0 Å². The minimum atomic E-state index is -0.211. The minimum absolute atomic E-state index is 0.118. The summed E-state index contributed by atoms with van der Waals surface area (Å²) in [6.45, 7) is 8.51. The second kappa shape index (κ2) is 5.38. The zero-order valence-corrected chi connectivity index (χ0v) is 12.4. The van der Waals surface area contributed by atoms with Crippen LogP contribution in [0.3, 0.4) is 0 Å². The van der Waals surface area contributed by atoms with Crippen LogP contribution in [-0.4, -0.2) is 18.3 Å². The number of hydrogen-bond acceptors (Lipinski definition) is 2. The van der Waals surface area contributed by atoms with Crippen molar-refractivity contribution in [3.8, 4) is 0 Å². The molecule has 2 nitrogen and oxygen atoms in total. The molecule has 2 rings (SSSR count). The van der Waals surface area contributed by atoms with Crippen molar-refractivity contribution in [2.45, 2.75) is 83.8 Å². The third kappa shape index (κ3) is 3.00. The number of rotatable bonds is 1. The molecule has 0 aromatic heterocycles. The quantitative estimate of drug-likeness (QED) is 0.646. The van der Waals surface area contributed by atoms with Gasteiger partial charge in [0.2, 0.25) is 0 Å². The summed E-state index contributed by atoms with van der Waals surface area (Å²) in [4.78, 5) is 0. The monoisotopic (exact) mass is 250 g/mol. The number of hydrogen-bond donors (Lipinski definition) is 0. The molecule has 0 aromatic rings. The summed E-state index contributed by atoms with van der Waals surface area (Å²) in [5, 5.41) is 0. The molecular weight excluding hydrogens is 223 g/mol. The molecule has 18 heavy (non-hydrogen) atoms. The summed E-state index contributed by atoms with van der Waals surface area (Å²) in [5.41, 5.74) is 0.948. The van der Waals surface area contributed by atoms with Crippen LogP contribution in [0.2, 0.25) is 0 Å². The lowest BCUT2D eigenvalue weighted by atomic mass is 9.75. The molecule has 0 aromatic carbocycles. The van der Waals surface area contributed by atoms with Crippen LogP contribution in [-0.2, 0) is 9.31 Å². The maximum Gasteiger partial charge on any atom is 0.490 e. The first-order chi connectivity index (χ1) is 8.42. The van der Waals surface area contributed by atoms with Crippen LogP contribution >= 0.6 is 0 Å². The summed E-state index contributed by atoms with van der Waals surface area (Å²) in [6.07, 6.45) is 11.4. The highest BCUT2D eigenvalue weighted by molar-refractivity contribution is 6.54. The van der Waals surface area contributed by atoms with Crippen molar-refractivity contribution in [1.82, 2.24) is 0 Å². The standard InChI is InChI=1S/C15H27BO2/c1-14(2)15(3,4)18-16(17-14)13-11-9-7-5-6-8-10-12-13/h11H,5-10,12H2,1-4H3/b13-11-. The third-order valence-corrected chi connectivity index (χ3v) is 4.63. The molecule has 1 fully saturated rings. The van der Waals surface area contributed by atoms with Crippen LogP contribution in [0.5, 0.6) is 0 Å². The Kier molecular flexibility index (Phi) is 4.23. The third-order valence-electron chi connectivity index (χ3n) is 4.63. The van der Waals surface area contributed by atoms with Gasteiger partial charge in [-0.2, -0.15) is 0 Å². The van der Waals surface area contributed by atoms with Gasteiger partial charge in [-0.3, -0.25) is 0 Å². The molecule has 0 bridgehead atoms. The van der Waals surface area contributed by atoms with Crippen molar-refractivity contribution in [2.24, 2.45) is 0 Å². The number of allylic oxidation sites excluding steroid dienone is 2. The Balaban J connectivity index is 2.06. The van der Waals surface area contributed by atoms with Gasteiger partial charge in [0.1, 0.15) is 0 Å². The van der Waals surface area contributed by atoms with Crippen molar-refractivity contribution >= 4 is 7.12 Å². The topological polar surface area (TPSA) is 18.5 Å². The highest BCUT2D eigenvalue weighted by Crippen LogP contribution is 2.39. The van der Waals surface area contributed by atoms with E-state index in [0.717, 1.165) is 6.42 Å². The molecular formula is C15H27BO2. The average molecular weight is 250 g/mol. The minimum Gasteiger partial charge on any atom is -0.400 e. The Labute approximate surface area is 112 Å². The van der Waals surface area contributed by atoms with Crippen molar-refractivity contribution in [3.05, 3.63) is 11.5 Å². The van der Waals surface area contributed by atoms with Crippen molar-refractivity contribution in [2.75, 3.05) is 0 Å². The molecule has 1 saturated heterocycles. The molecule has 3 heteroatoms. The van der Waals surface area contributed by atoms with Crippen LogP contribution < -0.4 is 0 Å². The van der Waals surface area contributed by atoms with Crippen LogP contribution in [0.1, 0.15) is 72.6 Å². The normalized spacial score (nSPS) is 31.1. The fourth-order valence-electron chi connectivity index (χ4n) is 2.60. The van der Waals surface area contributed by atoms with Crippen LogP contribution in [0.4, 0.5) is 0 Å². The summed E-state index contributed by atoms with van der Waals surface area (Å²) in [6, 6.07) is 0. The first-order valence-corrected chi connectivity index (χ1v) is 7.47. The van der Waals surface area contributed by atoms with Gasteiger partial charge in [0.25, 0.3) is 0 Å². The molecule has 1 aliphatic heterocycles. The van der Waals surface area contributed by atoms with E-state index in [9.17, 15) is 0 Å². The summed E-state index contributed by atoms with van der Waals surface area (Å²) < 4.78 is 12.3. The Hall–Kier alpha value is -0.275. The largest absolute Gasteiger partial charge is 0.490 e. The predicted molar refractivity (Wildman–Crippen MR) is 76.5 cm³/mol. The molecule has 102 valence electrons. The Morgan fingerprint density at radius 1 is 0.889 bits per heavy atom. The molecule has 1 heterocycles. The summed E-state index contributed by atoms with van der Waals surface area (Å²) in [5.74, 6) is 0. The lowest BCUT2D eigenvalue weighted by Gasteiger charge is -2.32. The fourth-order valence-corrected chi connectivity index (χ4v) is 2.60. The van der Waals surface area contributed by atoms with Crippen LogP contribution in [0.25, 0.3) is 0 Å². The Morgan fingerprint density at radius 3 is 2.11 bits per heavy atom. The van der Waals surface area contributed by atoms with Gasteiger partial charge in [0.15, 0.2) is 0 Å². The highest BCUT2D eigenvalue weighted by atomic mass is 16.7. The van der Waals surface area contributed by atoms with Crippen molar-refractivity contribution in [1.29, 1.82) is 0 Å². The molecule has 1 aliphatic carbocycles. The van der Waals surface area contributed by atoms with E-state index in [1.165, 1.54) is 44.0 Å². The van der Waals surface area contributed by atoms with Gasteiger partial charge in [0.05, 0.1) is 11.2 Å². The van der Waals surface area contributed by atoms with E-state index in [4.69, 9.17) is 9.31 Å². The molecule has 0 saturated carbocycles. The summed E-state index contributed by atoms with van der Waals surface area (Å²) in [7, 11) is -0.118. The lowest BCUT2D eigenvalue weighted by Crippen LogP contribution is -2.41. The second-order valence-electron chi connectivity index (χ2n) is 6.67. The lowest BCUT2D eigenvalue weighted by molar-refractivity contribution is 0.00578. The summed E-state index contributed by atoms with van der Waals surface area (Å²) >= 11 is 0. The van der Waals surface area contributed by atoms with Gasteiger partial charge < -0.3 is 9.31 Å². The maximum absolute atomic E-state index is 6.15. The highest BCUT2D eigenvalue weighted by Gasteiger charge is 2.52. The van der Waals surface area contributed by atoms with Gasteiger partial charge in [-0.15, -0.1) is 0 Å². The van der Waals surface area contributed by atoms with Gasteiger partial charge in [0, 0.05) is 0 Å². The smallest absolute Gasteiger partial charge is 0.400 e. The second-order valence-corrected chi connectivity index (χ2v) is 6.67. The SMILES string of the molecule is CC1(C)OB(/C2=C\CCCCCCC2)OC1(C)C. The molecule has 2 aliphatic rings. The Bertz CT molecular complexity index is 304. The van der Waals surface area contributed by atoms with Crippen molar-refractivity contribution < 1.29 is 9.31 Å². The van der Waals surface area contributed by atoms with Crippen molar-refractivity contribution in [3.63, 3.8) is 0 Å². The van der Waals surface area contributed by atoms with E-state index < -0.39 is 0 Å². The zero-order chi connectivity index (χ0) is 13.2.